The number of rotatable bonds is 3. The lowest BCUT2D eigenvalue weighted by Gasteiger charge is -2.10. The fraction of sp³-hybridized carbons (Fsp3) is 0.214. The Morgan fingerprint density at radius 1 is 1.35 bits per heavy atom. The number of aromatic amines is 1. The van der Waals surface area contributed by atoms with E-state index in [1.807, 2.05) is 42.9 Å². The average molecular weight is 286 g/mol. The van der Waals surface area contributed by atoms with Crippen molar-refractivity contribution < 1.29 is 0 Å². The van der Waals surface area contributed by atoms with Crippen LogP contribution in [0, 0.1) is 0 Å². The number of para-hydroxylation sites is 1. The summed E-state index contributed by atoms with van der Waals surface area (Å²) < 4.78 is 1.94. The second-order valence-corrected chi connectivity index (χ2v) is 5.86. The molecule has 1 aromatic carbocycles. The fourth-order valence-electron chi connectivity index (χ4n) is 1.98. The third-order valence-corrected chi connectivity index (χ3v) is 4.26. The maximum atomic E-state index is 12.0. The minimum atomic E-state index is -0.0992. The molecule has 2 heterocycles. The van der Waals surface area contributed by atoms with Gasteiger partial charge in [-0.25, -0.2) is 9.97 Å². The number of benzene rings is 1. The van der Waals surface area contributed by atoms with Gasteiger partial charge in [0.15, 0.2) is 5.16 Å². The Morgan fingerprint density at radius 2 is 2.15 bits per heavy atom. The van der Waals surface area contributed by atoms with Gasteiger partial charge in [0, 0.05) is 19.4 Å². The number of imidazole rings is 1. The first-order chi connectivity index (χ1) is 9.65. The monoisotopic (exact) mass is 286 g/mol. The zero-order chi connectivity index (χ0) is 14.1. The van der Waals surface area contributed by atoms with Crippen LogP contribution < -0.4 is 5.56 Å². The second kappa shape index (κ2) is 5.13. The molecule has 0 aliphatic heterocycles. The van der Waals surface area contributed by atoms with Gasteiger partial charge in [0.2, 0.25) is 0 Å². The normalized spacial score (nSPS) is 12.7. The summed E-state index contributed by atoms with van der Waals surface area (Å²) in [5, 5.41) is 1.53. The van der Waals surface area contributed by atoms with E-state index in [0.717, 1.165) is 10.7 Å². The van der Waals surface area contributed by atoms with Gasteiger partial charge in [0.25, 0.3) is 5.56 Å². The minimum Gasteiger partial charge on any atom is -0.329 e. The van der Waals surface area contributed by atoms with Crippen LogP contribution in [0.2, 0.25) is 0 Å². The Kier molecular flexibility index (Phi) is 3.31. The standard InChI is InChI=1S/C14H14N4OS/c1-9(20-14-15-7-8-18(14)2)12-16-11-6-4-3-5-10(11)13(19)17-12/h3-9H,1-2H3,(H,16,17,19)/t9-/m1/s1. The highest BCUT2D eigenvalue weighted by atomic mass is 32.2. The first kappa shape index (κ1) is 12.9. The van der Waals surface area contributed by atoms with Crippen molar-refractivity contribution in [3.8, 4) is 0 Å². The van der Waals surface area contributed by atoms with Crippen LogP contribution in [-0.2, 0) is 7.05 Å². The van der Waals surface area contributed by atoms with E-state index < -0.39 is 0 Å². The summed E-state index contributed by atoms with van der Waals surface area (Å²) in [5.41, 5.74) is 0.622. The van der Waals surface area contributed by atoms with Gasteiger partial charge in [0.1, 0.15) is 5.82 Å². The summed E-state index contributed by atoms with van der Waals surface area (Å²) in [6, 6.07) is 7.36. The van der Waals surface area contributed by atoms with Crippen LogP contribution in [0.5, 0.6) is 0 Å². The van der Waals surface area contributed by atoms with E-state index in [1.165, 1.54) is 0 Å². The van der Waals surface area contributed by atoms with Crippen LogP contribution in [0.1, 0.15) is 18.0 Å². The average Bonchev–Trinajstić information content (AvgIpc) is 2.84. The predicted molar refractivity (Wildman–Crippen MR) is 79.8 cm³/mol. The first-order valence-corrected chi connectivity index (χ1v) is 7.16. The third kappa shape index (κ3) is 2.34. The van der Waals surface area contributed by atoms with Crippen LogP contribution in [0.25, 0.3) is 10.9 Å². The molecule has 6 heteroatoms. The molecule has 102 valence electrons. The smallest absolute Gasteiger partial charge is 0.258 e. The number of aromatic nitrogens is 4. The molecule has 20 heavy (non-hydrogen) atoms. The highest BCUT2D eigenvalue weighted by molar-refractivity contribution is 7.99. The SMILES string of the molecule is C[C@@H](Sc1nccn1C)c1nc2ccccc2c(=O)[nH]1. The van der Waals surface area contributed by atoms with Gasteiger partial charge >= 0.3 is 0 Å². The molecular weight excluding hydrogens is 272 g/mol. The number of aryl methyl sites for hydroxylation is 1. The Balaban J connectivity index is 1.98. The minimum absolute atomic E-state index is 0.0217. The van der Waals surface area contributed by atoms with Crippen molar-refractivity contribution >= 4 is 22.7 Å². The van der Waals surface area contributed by atoms with Crippen molar-refractivity contribution in [2.24, 2.45) is 7.05 Å². The molecule has 0 aliphatic carbocycles. The topological polar surface area (TPSA) is 63.6 Å². The number of H-pyrrole nitrogens is 1. The molecule has 1 atom stereocenters. The Hall–Kier alpha value is -2.08. The summed E-state index contributed by atoms with van der Waals surface area (Å²) in [6.07, 6.45) is 3.65. The molecule has 0 bridgehead atoms. The fourth-order valence-corrected chi connectivity index (χ4v) is 2.86. The molecule has 0 amide bonds. The van der Waals surface area contributed by atoms with Gasteiger partial charge < -0.3 is 9.55 Å². The van der Waals surface area contributed by atoms with Crippen LogP contribution in [0.4, 0.5) is 0 Å². The molecule has 1 N–H and O–H groups in total. The molecule has 0 saturated heterocycles. The quantitative estimate of drug-likeness (QED) is 0.751. The zero-order valence-corrected chi connectivity index (χ0v) is 12.0. The molecule has 0 spiro atoms. The summed E-state index contributed by atoms with van der Waals surface area (Å²) in [5.74, 6) is 0.668. The van der Waals surface area contributed by atoms with Gasteiger partial charge in [-0.1, -0.05) is 23.9 Å². The number of hydrogen-bond acceptors (Lipinski definition) is 4. The van der Waals surface area contributed by atoms with E-state index in [1.54, 1.807) is 24.0 Å². The molecule has 0 saturated carbocycles. The zero-order valence-electron chi connectivity index (χ0n) is 11.2. The molecule has 0 fully saturated rings. The van der Waals surface area contributed by atoms with Gasteiger partial charge in [-0.2, -0.15) is 0 Å². The van der Waals surface area contributed by atoms with Crippen LogP contribution in [0.15, 0.2) is 46.6 Å². The molecule has 0 radical (unpaired) electrons. The van der Waals surface area contributed by atoms with E-state index in [0.29, 0.717) is 11.2 Å². The first-order valence-electron chi connectivity index (χ1n) is 6.28. The highest BCUT2D eigenvalue weighted by Gasteiger charge is 2.14. The molecule has 0 unspecified atom stereocenters. The lowest BCUT2D eigenvalue weighted by atomic mass is 10.2. The lowest BCUT2D eigenvalue weighted by molar-refractivity contribution is 0.783. The van der Waals surface area contributed by atoms with Gasteiger partial charge in [-0.05, 0) is 19.1 Å². The number of nitrogens with one attached hydrogen (secondary N) is 1. The van der Waals surface area contributed by atoms with Gasteiger partial charge in [-0.15, -0.1) is 0 Å². The summed E-state index contributed by atoms with van der Waals surface area (Å²) in [4.78, 5) is 23.7. The maximum Gasteiger partial charge on any atom is 0.258 e. The number of fused-ring (bicyclic) bond motifs is 1. The van der Waals surface area contributed by atoms with Gasteiger partial charge in [-0.3, -0.25) is 4.79 Å². The predicted octanol–water partition coefficient (Wildman–Crippen LogP) is 2.51. The van der Waals surface area contributed by atoms with Crippen molar-refractivity contribution in [1.82, 2.24) is 19.5 Å². The number of thioether (sulfide) groups is 1. The Labute approximate surface area is 120 Å². The summed E-state index contributed by atoms with van der Waals surface area (Å²) in [6.45, 7) is 2.01. The van der Waals surface area contributed by atoms with Crippen molar-refractivity contribution in [3.05, 3.63) is 52.8 Å². The van der Waals surface area contributed by atoms with E-state index in [9.17, 15) is 4.79 Å². The summed E-state index contributed by atoms with van der Waals surface area (Å²) >= 11 is 1.57. The summed E-state index contributed by atoms with van der Waals surface area (Å²) in [7, 11) is 1.94. The van der Waals surface area contributed by atoms with E-state index in [-0.39, 0.29) is 10.8 Å². The van der Waals surface area contributed by atoms with Gasteiger partial charge in [0.05, 0.1) is 16.2 Å². The number of hydrogen-bond donors (Lipinski definition) is 1. The molecule has 0 aliphatic rings. The van der Waals surface area contributed by atoms with E-state index in [2.05, 4.69) is 15.0 Å². The molecular formula is C14H14N4OS. The molecule has 2 aromatic heterocycles. The third-order valence-electron chi connectivity index (χ3n) is 3.08. The molecule has 3 rings (SSSR count). The molecule has 5 nitrogen and oxygen atoms in total. The largest absolute Gasteiger partial charge is 0.329 e. The van der Waals surface area contributed by atoms with Crippen LogP contribution in [0.3, 0.4) is 0 Å². The lowest BCUT2D eigenvalue weighted by Crippen LogP contribution is -2.13. The molecule has 3 aromatic rings. The highest BCUT2D eigenvalue weighted by Crippen LogP contribution is 2.31. The Bertz CT molecular complexity index is 808. The maximum absolute atomic E-state index is 12.0. The van der Waals surface area contributed by atoms with Crippen molar-refractivity contribution in [2.45, 2.75) is 17.3 Å². The van der Waals surface area contributed by atoms with Crippen molar-refractivity contribution in [2.75, 3.05) is 0 Å². The Morgan fingerprint density at radius 3 is 2.90 bits per heavy atom. The van der Waals surface area contributed by atoms with Crippen LogP contribution >= 0.6 is 11.8 Å². The van der Waals surface area contributed by atoms with E-state index in [4.69, 9.17) is 0 Å². The second-order valence-electron chi connectivity index (χ2n) is 4.55. The van der Waals surface area contributed by atoms with Crippen molar-refractivity contribution in [1.29, 1.82) is 0 Å². The van der Waals surface area contributed by atoms with Crippen LogP contribution in [-0.4, -0.2) is 19.5 Å². The van der Waals surface area contributed by atoms with Crippen molar-refractivity contribution in [3.63, 3.8) is 0 Å². The number of nitrogens with zero attached hydrogens (tertiary/aromatic N) is 3. The van der Waals surface area contributed by atoms with E-state index >= 15 is 0 Å².